The summed E-state index contributed by atoms with van der Waals surface area (Å²) in [7, 11) is -7.53. The summed E-state index contributed by atoms with van der Waals surface area (Å²) in [4.78, 5) is -0.285. The molecule has 0 bridgehead atoms. The summed E-state index contributed by atoms with van der Waals surface area (Å²) in [6, 6.07) is 2.69. The zero-order chi connectivity index (χ0) is 16.5. The van der Waals surface area contributed by atoms with Gasteiger partial charge in [-0.1, -0.05) is 0 Å². The van der Waals surface area contributed by atoms with Crippen LogP contribution >= 0.6 is 12.4 Å². The van der Waals surface area contributed by atoms with E-state index in [4.69, 9.17) is 5.73 Å². The van der Waals surface area contributed by atoms with Crippen molar-refractivity contribution in [3.05, 3.63) is 24.0 Å². The molecule has 0 radical (unpaired) electrons. The molecule has 4 N–H and O–H groups in total. The monoisotopic (exact) mass is 387 g/mol. The van der Waals surface area contributed by atoms with Gasteiger partial charge in [-0.2, -0.15) is 0 Å². The zero-order valence-electron chi connectivity index (χ0n) is 12.3. The highest BCUT2D eigenvalue weighted by Crippen LogP contribution is 2.31. The number of rotatable bonds is 7. The van der Waals surface area contributed by atoms with E-state index in [0.29, 0.717) is 5.92 Å². The molecule has 1 saturated carbocycles. The van der Waals surface area contributed by atoms with E-state index >= 15 is 0 Å². The van der Waals surface area contributed by atoms with Crippen LogP contribution in [0.3, 0.4) is 0 Å². The molecule has 1 fully saturated rings. The molecule has 7 nitrogen and oxygen atoms in total. The second-order valence-electron chi connectivity index (χ2n) is 5.37. The number of halogens is 2. The molecule has 23 heavy (non-hydrogen) atoms. The number of hydrogen-bond donors (Lipinski definition) is 3. The smallest absolute Gasteiger partial charge is 0.240 e. The van der Waals surface area contributed by atoms with Crippen molar-refractivity contribution in [2.75, 3.05) is 17.5 Å². The van der Waals surface area contributed by atoms with Crippen molar-refractivity contribution in [1.82, 2.24) is 4.72 Å². The predicted octanol–water partition coefficient (Wildman–Crippen LogP) is 0.635. The molecule has 2 rings (SSSR count). The van der Waals surface area contributed by atoms with Crippen LogP contribution in [0.1, 0.15) is 12.8 Å². The minimum Gasteiger partial charge on any atom is -0.326 e. The van der Waals surface area contributed by atoms with Crippen LogP contribution in [0.15, 0.2) is 23.1 Å². The summed E-state index contributed by atoms with van der Waals surface area (Å²) in [6.45, 7) is 0.0813. The van der Waals surface area contributed by atoms with Gasteiger partial charge < -0.3 is 5.73 Å². The lowest BCUT2D eigenvalue weighted by Gasteiger charge is -2.13. The van der Waals surface area contributed by atoms with E-state index in [1.807, 2.05) is 4.72 Å². The summed E-state index contributed by atoms with van der Waals surface area (Å²) in [5.74, 6) is -0.638. The molecular weight excluding hydrogens is 369 g/mol. The summed E-state index contributed by atoms with van der Waals surface area (Å²) in [5, 5.41) is 0. The minimum absolute atomic E-state index is 0. The third-order valence-corrected chi connectivity index (χ3v) is 5.29. The third-order valence-electron chi connectivity index (χ3n) is 3.28. The van der Waals surface area contributed by atoms with E-state index in [0.717, 1.165) is 37.3 Å². The third kappa shape index (κ3) is 5.88. The highest BCUT2D eigenvalue weighted by atomic mass is 35.5. The Morgan fingerprint density at radius 2 is 1.91 bits per heavy atom. The Hall–Kier alpha value is -0.940. The Morgan fingerprint density at radius 1 is 1.30 bits per heavy atom. The van der Waals surface area contributed by atoms with Crippen LogP contribution < -0.4 is 15.2 Å². The summed E-state index contributed by atoms with van der Waals surface area (Å²) >= 11 is 0. The van der Waals surface area contributed by atoms with Gasteiger partial charge in [0, 0.05) is 12.6 Å². The van der Waals surface area contributed by atoms with Gasteiger partial charge in [0.2, 0.25) is 20.0 Å². The van der Waals surface area contributed by atoms with E-state index < -0.39 is 25.9 Å². The van der Waals surface area contributed by atoms with Crippen LogP contribution in [0.5, 0.6) is 0 Å². The molecule has 1 atom stereocenters. The summed E-state index contributed by atoms with van der Waals surface area (Å²) < 4.78 is 64.3. The predicted molar refractivity (Wildman–Crippen MR) is 88.0 cm³/mol. The molecule has 0 heterocycles. The van der Waals surface area contributed by atoms with Crippen LogP contribution in [0, 0.1) is 11.7 Å². The maximum atomic E-state index is 13.8. The van der Waals surface area contributed by atoms with Gasteiger partial charge in [0.1, 0.15) is 5.82 Å². The highest BCUT2D eigenvalue weighted by molar-refractivity contribution is 7.92. The number of hydrogen-bond acceptors (Lipinski definition) is 5. The van der Waals surface area contributed by atoms with E-state index in [1.54, 1.807) is 0 Å². The van der Waals surface area contributed by atoms with Crippen molar-refractivity contribution in [2.45, 2.75) is 23.8 Å². The van der Waals surface area contributed by atoms with Crippen LogP contribution in [-0.2, 0) is 20.0 Å². The first kappa shape index (κ1) is 20.1. The molecule has 0 aromatic heterocycles. The van der Waals surface area contributed by atoms with Crippen molar-refractivity contribution >= 4 is 38.1 Å². The highest BCUT2D eigenvalue weighted by Gasteiger charge is 2.29. The lowest BCUT2D eigenvalue weighted by molar-refractivity contribution is 0.546. The Bertz CT molecular complexity index is 767. The minimum atomic E-state index is -3.89. The van der Waals surface area contributed by atoms with Crippen molar-refractivity contribution in [3.63, 3.8) is 0 Å². The second kappa shape index (κ2) is 7.31. The fourth-order valence-corrected chi connectivity index (χ4v) is 3.58. The average molecular weight is 388 g/mol. The average Bonchev–Trinajstić information content (AvgIpc) is 3.21. The molecule has 0 spiro atoms. The Balaban J connectivity index is 0.00000264. The fourth-order valence-electron chi connectivity index (χ4n) is 1.93. The second-order valence-corrected chi connectivity index (χ2v) is 8.88. The van der Waals surface area contributed by atoms with E-state index in [9.17, 15) is 21.2 Å². The maximum Gasteiger partial charge on any atom is 0.240 e. The molecule has 1 aliphatic rings. The summed E-state index contributed by atoms with van der Waals surface area (Å²) in [5.41, 5.74) is 5.50. The van der Waals surface area contributed by atoms with Crippen LogP contribution in [0.2, 0.25) is 0 Å². The molecule has 1 unspecified atom stereocenters. The van der Waals surface area contributed by atoms with Gasteiger partial charge in [0.15, 0.2) is 0 Å². The fraction of sp³-hybridized carbons (Fsp3) is 0.500. The normalized spacial score (nSPS) is 16.5. The molecule has 1 aromatic rings. The molecular formula is C12H19ClFN3O4S2. The van der Waals surface area contributed by atoms with Gasteiger partial charge in [-0.3, -0.25) is 4.72 Å². The van der Waals surface area contributed by atoms with Crippen molar-refractivity contribution in [3.8, 4) is 0 Å². The number of anilines is 1. The first-order chi connectivity index (χ1) is 10.1. The van der Waals surface area contributed by atoms with Crippen LogP contribution in [0.25, 0.3) is 0 Å². The topological polar surface area (TPSA) is 118 Å². The number of nitrogens with one attached hydrogen (secondary N) is 2. The van der Waals surface area contributed by atoms with E-state index in [-0.39, 0.29) is 35.6 Å². The first-order valence-electron chi connectivity index (χ1n) is 6.61. The van der Waals surface area contributed by atoms with Gasteiger partial charge >= 0.3 is 0 Å². The van der Waals surface area contributed by atoms with Gasteiger partial charge in [-0.15, -0.1) is 12.4 Å². The van der Waals surface area contributed by atoms with E-state index in [2.05, 4.69) is 4.72 Å². The largest absolute Gasteiger partial charge is 0.326 e. The van der Waals surface area contributed by atoms with Crippen LogP contribution in [-0.4, -0.2) is 35.7 Å². The molecule has 0 aliphatic heterocycles. The standard InChI is InChI=1S/C12H18FN3O4S2.ClH/c1-21(17,18)16-12-5-4-9(6-10(12)13)22(19,20)15-7-11(14)8-2-3-8;/h4-6,8,11,15-16H,2-3,7,14H2,1H3;1H. The first-order valence-corrected chi connectivity index (χ1v) is 9.98. The van der Waals surface area contributed by atoms with Gasteiger partial charge in [0.25, 0.3) is 0 Å². The molecule has 11 heteroatoms. The number of nitrogens with two attached hydrogens (primary N) is 1. The Labute approximate surface area is 141 Å². The van der Waals surface area contributed by atoms with Crippen molar-refractivity contribution in [2.24, 2.45) is 11.7 Å². The van der Waals surface area contributed by atoms with Crippen LogP contribution in [0.4, 0.5) is 10.1 Å². The lowest BCUT2D eigenvalue weighted by Crippen LogP contribution is -2.38. The van der Waals surface area contributed by atoms with Gasteiger partial charge in [0.05, 0.1) is 16.8 Å². The number of benzene rings is 1. The number of sulfonamides is 2. The lowest BCUT2D eigenvalue weighted by atomic mass is 10.2. The summed E-state index contributed by atoms with van der Waals surface area (Å²) in [6.07, 6.45) is 2.85. The molecule has 0 saturated heterocycles. The van der Waals surface area contributed by atoms with Crippen molar-refractivity contribution < 1.29 is 21.2 Å². The quantitative estimate of drug-likeness (QED) is 0.634. The van der Waals surface area contributed by atoms with E-state index in [1.165, 1.54) is 0 Å². The maximum absolute atomic E-state index is 13.8. The molecule has 1 aliphatic carbocycles. The van der Waals surface area contributed by atoms with Gasteiger partial charge in [-0.05, 0) is 37.0 Å². The zero-order valence-corrected chi connectivity index (χ0v) is 14.8. The Morgan fingerprint density at radius 3 is 2.39 bits per heavy atom. The SMILES string of the molecule is CS(=O)(=O)Nc1ccc(S(=O)(=O)NCC(N)C2CC2)cc1F.Cl. The van der Waals surface area contributed by atoms with Gasteiger partial charge in [-0.25, -0.2) is 25.9 Å². The Kier molecular flexibility index (Phi) is 6.39. The molecule has 132 valence electrons. The molecule has 1 aromatic carbocycles. The molecule has 0 amide bonds. The van der Waals surface area contributed by atoms with Crippen molar-refractivity contribution in [1.29, 1.82) is 0 Å².